The molecule has 46 heavy (non-hydrogen) atoms. The highest BCUT2D eigenvalue weighted by molar-refractivity contribution is 7.99. The zero-order valence-electron chi connectivity index (χ0n) is 25.3. The van der Waals surface area contributed by atoms with Crippen molar-refractivity contribution in [3.8, 4) is 11.1 Å². The summed E-state index contributed by atoms with van der Waals surface area (Å²) in [6.45, 7) is 2.27. The van der Waals surface area contributed by atoms with Gasteiger partial charge in [0.2, 0.25) is 10.0 Å². The summed E-state index contributed by atoms with van der Waals surface area (Å²) in [6.07, 6.45) is 2.48. The number of rotatable bonds is 11. The summed E-state index contributed by atoms with van der Waals surface area (Å²) in [5.74, 6) is 0.693. The molecule has 0 spiro atoms. The number of hydrogen-bond acceptors (Lipinski definition) is 8. The Hall–Kier alpha value is -3.90. The van der Waals surface area contributed by atoms with Gasteiger partial charge in [-0.3, -0.25) is 0 Å². The minimum atomic E-state index is -3.65. The van der Waals surface area contributed by atoms with Crippen LogP contribution in [0.2, 0.25) is 0 Å². The average Bonchev–Trinajstić information content (AvgIpc) is 3.11. The Balaban J connectivity index is 1.22. The molecule has 4 aromatic carbocycles. The molecule has 0 amide bonds. The van der Waals surface area contributed by atoms with Gasteiger partial charge in [0.1, 0.15) is 0 Å². The second-order valence-corrected chi connectivity index (χ2v) is 13.8. The van der Waals surface area contributed by atoms with E-state index in [2.05, 4.69) is 21.6 Å². The predicted molar refractivity (Wildman–Crippen MR) is 178 cm³/mol. The largest absolute Gasteiger partial charge is 0.392 e. The number of aliphatic hydroxyl groups excluding tert-OH is 1. The first-order valence-corrected chi connectivity index (χ1v) is 17.5. The van der Waals surface area contributed by atoms with E-state index in [1.54, 1.807) is 60.6 Å². The summed E-state index contributed by atoms with van der Waals surface area (Å²) in [5.41, 5.74) is 5.49. The average molecular weight is 654 g/mol. The molecule has 1 aromatic heterocycles. The molecule has 5 aromatic rings. The van der Waals surface area contributed by atoms with Crippen LogP contribution in [-0.4, -0.2) is 35.3 Å². The first-order valence-electron chi connectivity index (χ1n) is 15.0. The van der Waals surface area contributed by atoms with Gasteiger partial charge in [-0.1, -0.05) is 110 Å². The first-order chi connectivity index (χ1) is 22.4. The van der Waals surface area contributed by atoms with Crippen LogP contribution in [0, 0.1) is 5.92 Å². The highest BCUT2D eigenvalue weighted by Gasteiger charge is 2.38. The smallest absolute Gasteiger partial charge is 0.240 e. The van der Waals surface area contributed by atoms with Crippen molar-refractivity contribution in [2.75, 3.05) is 5.75 Å². The van der Waals surface area contributed by atoms with Crippen molar-refractivity contribution in [1.82, 2.24) is 14.7 Å². The van der Waals surface area contributed by atoms with E-state index in [0.29, 0.717) is 10.9 Å². The molecule has 8 nitrogen and oxygen atoms in total. The summed E-state index contributed by atoms with van der Waals surface area (Å²) in [6, 6.07) is 33.8. The lowest BCUT2D eigenvalue weighted by molar-refractivity contribution is -0.268. The highest BCUT2D eigenvalue weighted by Crippen LogP contribution is 2.43. The second-order valence-electron chi connectivity index (χ2n) is 11.1. The molecular formula is C36H35N3O5S2. The standard InChI is InChI=1S/C36H35N3O5S2/c1-25-33(24-45-36-37-20-7-21-38-36)43-35(44-34(25)28-14-12-26(23-40)13-15-28)29-18-16-27(17-19-29)32-11-6-5-8-30(32)22-39-46(41,42)31-9-3-2-4-10-31/h2-21,25,33-35,39-40H,22-24H2,1H3/t25-,33+,34+,35+/m0/s1. The minimum Gasteiger partial charge on any atom is -0.392 e. The monoisotopic (exact) mass is 653 g/mol. The number of ether oxygens (including phenoxy) is 2. The molecule has 1 aliphatic rings. The molecule has 0 saturated carbocycles. The fraction of sp³-hybridized carbons (Fsp3) is 0.222. The van der Waals surface area contributed by atoms with Gasteiger partial charge < -0.3 is 14.6 Å². The Bertz CT molecular complexity index is 1820. The lowest BCUT2D eigenvalue weighted by atomic mass is 9.91. The van der Waals surface area contributed by atoms with Crippen LogP contribution < -0.4 is 4.72 Å². The van der Waals surface area contributed by atoms with Crippen molar-refractivity contribution in [2.24, 2.45) is 5.92 Å². The number of nitrogens with one attached hydrogen (secondary N) is 1. The van der Waals surface area contributed by atoms with Gasteiger partial charge in [-0.05, 0) is 46.0 Å². The predicted octanol–water partition coefficient (Wildman–Crippen LogP) is 6.70. The number of aromatic nitrogens is 2. The lowest BCUT2D eigenvalue weighted by Gasteiger charge is -2.41. The molecular weight excluding hydrogens is 619 g/mol. The van der Waals surface area contributed by atoms with E-state index in [-0.39, 0.29) is 36.2 Å². The SMILES string of the molecule is C[C@H]1[C@@H](CSc2ncccn2)O[C@@H](c2ccc(-c3ccccc3CNS(=O)(=O)c3ccccc3)cc2)O[C@H]1c1ccc(CO)cc1. The minimum absolute atomic E-state index is 0.0161. The molecule has 4 atom stereocenters. The van der Waals surface area contributed by atoms with Crippen LogP contribution in [0.1, 0.15) is 41.6 Å². The molecule has 0 unspecified atom stereocenters. The molecule has 0 bridgehead atoms. The van der Waals surface area contributed by atoms with Crippen molar-refractivity contribution in [3.05, 3.63) is 144 Å². The fourth-order valence-electron chi connectivity index (χ4n) is 5.46. The molecule has 0 aliphatic carbocycles. The van der Waals surface area contributed by atoms with Crippen molar-refractivity contribution in [1.29, 1.82) is 0 Å². The van der Waals surface area contributed by atoms with Gasteiger partial charge in [0.05, 0.1) is 23.7 Å². The summed E-state index contributed by atoms with van der Waals surface area (Å²) in [7, 11) is -3.65. The summed E-state index contributed by atoms with van der Waals surface area (Å²) in [4.78, 5) is 8.94. The normalized spacial score (nSPS) is 20.0. The van der Waals surface area contributed by atoms with Crippen molar-refractivity contribution < 1.29 is 23.0 Å². The molecule has 1 saturated heterocycles. The van der Waals surface area contributed by atoms with E-state index >= 15 is 0 Å². The number of nitrogens with zero attached hydrogens (tertiary/aromatic N) is 2. The van der Waals surface area contributed by atoms with Gasteiger partial charge in [0.25, 0.3) is 0 Å². The molecule has 1 aliphatic heterocycles. The van der Waals surface area contributed by atoms with Crippen LogP contribution in [0.15, 0.2) is 132 Å². The molecule has 236 valence electrons. The highest BCUT2D eigenvalue weighted by atomic mass is 32.2. The van der Waals surface area contributed by atoms with E-state index in [1.165, 1.54) is 0 Å². The molecule has 2 N–H and O–H groups in total. The third-order valence-corrected chi connectivity index (χ3v) is 10.4. The third kappa shape index (κ3) is 7.55. The lowest BCUT2D eigenvalue weighted by Crippen LogP contribution is -2.38. The molecule has 6 rings (SSSR count). The summed E-state index contributed by atoms with van der Waals surface area (Å²) in [5, 5.41) is 10.2. The maximum absolute atomic E-state index is 12.9. The quantitative estimate of drug-likeness (QED) is 0.120. The summed E-state index contributed by atoms with van der Waals surface area (Å²) < 4.78 is 41.6. The Morgan fingerprint density at radius 1 is 0.804 bits per heavy atom. The Morgan fingerprint density at radius 2 is 1.48 bits per heavy atom. The Morgan fingerprint density at radius 3 is 2.20 bits per heavy atom. The molecule has 0 radical (unpaired) electrons. The van der Waals surface area contributed by atoms with Crippen LogP contribution in [0.25, 0.3) is 11.1 Å². The second kappa shape index (κ2) is 14.7. The van der Waals surface area contributed by atoms with E-state index in [1.807, 2.05) is 72.8 Å². The zero-order chi connectivity index (χ0) is 31.9. The number of hydrogen-bond donors (Lipinski definition) is 2. The van der Waals surface area contributed by atoms with E-state index in [9.17, 15) is 13.5 Å². The van der Waals surface area contributed by atoms with Gasteiger partial charge in [-0.15, -0.1) is 0 Å². The van der Waals surface area contributed by atoms with Gasteiger partial charge >= 0.3 is 0 Å². The van der Waals surface area contributed by atoms with Gasteiger partial charge in [-0.25, -0.2) is 23.1 Å². The van der Waals surface area contributed by atoms with Crippen LogP contribution >= 0.6 is 11.8 Å². The number of thioether (sulfide) groups is 1. The van der Waals surface area contributed by atoms with Crippen molar-refractivity contribution >= 4 is 21.8 Å². The molecule has 10 heteroatoms. The maximum Gasteiger partial charge on any atom is 0.240 e. The van der Waals surface area contributed by atoms with Gasteiger partial charge in [0, 0.05) is 36.2 Å². The number of benzene rings is 4. The van der Waals surface area contributed by atoms with E-state index < -0.39 is 16.3 Å². The number of sulfonamides is 1. The van der Waals surface area contributed by atoms with Crippen LogP contribution in [-0.2, 0) is 32.6 Å². The van der Waals surface area contributed by atoms with E-state index in [4.69, 9.17) is 9.47 Å². The number of aliphatic hydroxyl groups is 1. The van der Waals surface area contributed by atoms with E-state index in [0.717, 1.165) is 33.4 Å². The first kappa shape index (κ1) is 32.1. The van der Waals surface area contributed by atoms with Crippen LogP contribution in [0.5, 0.6) is 0 Å². The van der Waals surface area contributed by atoms with Crippen molar-refractivity contribution in [2.45, 2.75) is 48.6 Å². The zero-order valence-corrected chi connectivity index (χ0v) is 26.9. The van der Waals surface area contributed by atoms with Crippen LogP contribution in [0.4, 0.5) is 0 Å². The van der Waals surface area contributed by atoms with Crippen molar-refractivity contribution in [3.63, 3.8) is 0 Å². The van der Waals surface area contributed by atoms with Gasteiger partial charge in [-0.2, -0.15) is 0 Å². The fourth-order valence-corrected chi connectivity index (χ4v) is 7.45. The Kier molecular flexibility index (Phi) is 10.2. The molecule has 1 fully saturated rings. The Labute approximate surface area is 273 Å². The topological polar surface area (TPSA) is 111 Å². The van der Waals surface area contributed by atoms with Gasteiger partial charge in [0.15, 0.2) is 11.4 Å². The van der Waals surface area contributed by atoms with Crippen LogP contribution in [0.3, 0.4) is 0 Å². The molecule has 2 heterocycles. The summed E-state index contributed by atoms with van der Waals surface area (Å²) >= 11 is 1.55. The maximum atomic E-state index is 12.9. The third-order valence-electron chi connectivity index (χ3n) is 8.06.